The Labute approximate surface area is 121 Å². The molecule has 0 aromatic heterocycles. The lowest BCUT2D eigenvalue weighted by Gasteiger charge is -2.26. The number of carboxylic acid groups (broad SMARTS) is 1. The van der Waals surface area contributed by atoms with E-state index in [4.69, 9.17) is 21.4 Å². The lowest BCUT2D eigenvalue weighted by atomic mass is 9.98. The van der Waals surface area contributed by atoms with E-state index in [-0.39, 0.29) is 0 Å². The molecule has 0 aliphatic carbocycles. The summed E-state index contributed by atoms with van der Waals surface area (Å²) in [6, 6.07) is 5.15. The summed E-state index contributed by atoms with van der Waals surface area (Å²) in [6.45, 7) is 3.19. The second-order valence-corrected chi connectivity index (χ2v) is 5.48. The van der Waals surface area contributed by atoms with E-state index in [1.807, 2.05) is 0 Å². The second kappa shape index (κ2) is 5.32. The average molecular weight is 298 g/mol. The van der Waals surface area contributed by atoms with Crippen LogP contribution in [-0.4, -0.2) is 28.6 Å². The van der Waals surface area contributed by atoms with Crippen molar-refractivity contribution in [2.75, 3.05) is 0 Å². The van der Waals surface area contributed by atoms with Gasteiger partial charge in [0.05, 0.1) is 0 Å². The van der Waals surface area contributed by atoms with E-state index < -0.39 is 23.5 Å². The van der Waals surface area contributed by atoms with Gasteiger partial charge in [-0.05, 0) is 37.1 Å². The molecule has 1 heterocycles. The Balaban J connectivity index is 2.08. The van der Waals surface area contributed by atoms with Crippen molar-refractivity contribution in [3.8, 4) is 5.75 Å². The fourth-order valence-electron chi connectivity index (χ4n) is 2.01. The molecule has 1 aromatic carbocycles. The third kappa shape index (κ3) is 2.72. The summed E-state index contributed by atoms with van der Waals surface area (Å²) in [6.07, 6.45) is -0.0329. The number of carboxylic acids is 1. The first-order chi connectivity index (χ1) is 9.35. The Morgan fingerprint density at radius 1 is 1.55 bits per heavy atom. The maximum Gasteiger partial charge on any atom is 0.329 e. The number of ether oxygens (including phenoxy) is 1. The molecule has 0 spiro atoms. The molecular formula is C14H16ClNO4. The van der Waals surface area contributed by atoms with Crippen molar-refractivity contribution in [1.82, 2.24) is 5.32 Å². The number of fused-ring (bicyclic) bond motifs is 1. The van der Waals surface area contributed by atoms with Crippen molar-refractivity contribution in [3.63, 3.8) is 0 Å². The first kappa shape index (κ1) is 14.7. The van der Waals surface area contributed by atoms with Gasteiger partial charge >= 0.3 is 5.97 Å². The Kier molecular flexibility index (Phi) is 3.90. The van der Waals surface area contributed by atoms with Crippen LogP contribution in [0.15, 0.2) is 18.2 Å². The van der Waals surface area contributed by atoms with Gasteiger partial charge in [0.2, 0.25) is 0 Å². The minimum atomic E-state index is -1.28. The van der Waals surface area contributed by atoms with Gasteiger partial charge in [-0.25, -0.2) is 4.79 Å². The maximum absolute atomic E-state index is 12.1. The van der Waals surface area contributed by atoms with Gasteiger partial charge in [-0.1, -0.05) is 18.5 Å². The van der Waals surface area contributed by atoms with Crippen molar-refractivity contribution in [2.24, 2.45) is 0 Å². The zero-order valence-corrected chi connectivity index (χ0v) is 12.0. The van der Waals surface area contributed by atoms with E-state index in [1.165, 1.54) is 6.92 Å². The third-order valence-corrected chi connectivity index (χ3v) is 3.80. The van der Waals surface area contributed by atoms with Gasteiger partial charge in [0.25, 0.3) is 5.91 Å². The molecule has 0 fully saturated rings. The summed E-state index contributed by atoms with van der Waals surface area (Å²) in [4.78, 5) is 23.3. The summed E-state index contributed by atoms with van der Waals surface area (Å²) < 4.78 is 5.53. The molecule has 0 bridgehead atoms. The number of nitrogens with one attached hydrogen (secondary N) is 1. The van der Waals surface area contributed by atoms with Crippen LogP contribution in [-0.2, 0) is 16.0 Å². The molecule has 2 N–H and O–H groups in total. The largest absolute Gasteiger partial charge is 0.480 e. The molecule has 0 saturated heterocycles. The van der Waals surface area contributed by atoms with E-state index in [2.05, 4.69) is 5.32 Å². The van der Waals surface area contributed by atoms with Gasteiger partial charge < -0.3 is 15.2 Å². The lowest BCUT2D eigenvalue weighted by Crippen LogP contribution is -2.55. The summed E-state index contributed by atoms with van der Waals surface area (Å²) in [5.41, 5.74) is -0.432. The number of rotatable bonds is 4. The minimum absolute atomic E-state index is 0.291. The molecule has 2 rings (SSSR count). The number of carbonyl (C=O) groups is 2. The highest BCUT2D eigenvalue weighted by Crippen LogP contribution is 2.31. The molecule has 108 valence electrons. The van der Waals surface area contributed by atoms with Crippen LogP contribution < -0.4 is 10.1 Å². The second-order valence-electron chi connectivity index (χ2n) is 5.04. The molecule has 0 radical (unpaired) electrons. The highest BCUT2D eigenvalue weighted by molar-refractivity contribution is 6.30. The predicted octanol–water partition coefficient (Wildman–Crippen LogP) is 2.01. The van der Waals surface area contributed by atoms with Gasteiger partial charge in [0, 0.05) is 11.4 Å². The van der Waals surface area contributed by atoms with Crippen LogP contribution in [0.5, 0.6) is 5.75 Å². The number of halogens is 1. The van der Waals surface area contributed by atoms with Crippen LogP contribution in [0.2, 0.25) is 5.02 Å². The van der Waals surface area contributed by atoms with Gasteiger partial charge in [-0.15, -0.1) is 0 Å². The van der Waals surface area contributed by atoms with Crippen molar-refractivity contribution in [2.45, 2.75) is 38.3 Å². The van der Waals surface area contributed by atoms with E-state index in [1.54, 1.807) is 25.1 Å². The van der Waals surface area contributed by atoms with Crippen LogP contribution >= 0.6 is 11.6 Å². The third-order valence-electron chi connectivity index (χ3n) is 3.57. The monoisotopic (exact) mass is 297 g/mol. The van der Waals surface area contributed by atoms with Crippen molar-refractivity contribution < 1.29 is 19.4 Å². The molecule has 1 amide bonds. The molecule has 2 atom stereocenters. The number of benzene rings is 1. The van der Waals surface area contributed by atoms with E-state index in [0.29, 0.717) is 23.6 Å². The number of aliphatic carboxylic acids is 1. The Hall–Kier alpha value is -1.75. The van der Waals surface area contributed by atoms with Crippen molar-refractivity contribution in [1.29, 1.82) is 0 Å². The average Bonchev–Trinajstić information content (AvgIpc) is 2.81. The number of hydrogen-bond donors (Lipinski definition) is 2. The molecule has 5 nitrogen and oxygen atoms in total. The smallest absolute Gasteiger partial charge is 0.329 e. The molecule has 1 aliphatic rings. The van der Waals surface area contributed by atoms with Crippen molar-refractivity contribution in [3.05, 3.63) is 28.8 Å². The molecular weight excluding hydrogens is 282 g/mol. The Morgan fingerprint density at radius 3 is 2.85 bits per heavy atom. The number of carbonyl (C=O) groups excluding carboxylic acids is 1. The zero-order chi connectivity index (χ0) is 14.9. The standard InChI is InChI=1S/C14H16ClNO4/c1-3-14(2,13(18)19)16-12(17)11-7-8-6-9(15)4-5-10(8)20-11/h4-6,11H,3,7H2,1-2H3,(H,16,17)(H,18,19). The molecule has 1 aliphatic heterocycles. The summed E-state index contributed by atoms with van der Waals surface area (Å²) >= 11 is 5.89. The zero-order valence-electron chi connectivity index (χ0n) is 11.3. The fourth-order valence-corrected chi connectivity index (χ4v) is 2.20. The normalized spacial score (nSPS) is 19.6. The fraction of sp³-hybridized carbons (Fsp3) is 0.429. The topological polar surface area (TPSA) is 75.6 Å². The summed E-state index contributed by atoms with van der Waals surface area (Å²) in [5, 5.41) is 12.3. The Bertz CT molecular complexity index is 560. The number of amides is 1. The number of hydrogen-bond acceptors (Lipinski definition) is 3. The predicted molar refractivity (Wildman–Crippen MR) is 74.0 cm³/mol. The highest BCUT2D eigenvalue weighted by atomic mass is 35.5. The maximum atomic E-state index is 12.1. The molecule has 2 unspecified atom stereocenters. The highest BCUT2D eigenvalue weighted by Gasteiger charge is 2.37. The Morgan fingerprint density at radius 2 is 2.25 bits per heavy atom. The van der Waals surface area contributed by atoms with E-state index >= 15 is 0 Å². The van der Waals surface area contributed by atoms with Crippen LogP contribution in [0.4, 0.5) is 0 Å². The minimum Gasteiger partial charge on any atom is -0.480 e. The van der Waals surface area contributed by atoms with Crippen LogP contribution in [0.3, 0.4) is 0 Å². The first-order valence-corrected chi connectivity index (χ1v) is 6.74. The molecule has 6 heteroatoms. The van der Waals surface area contributed by atoms with E-state index in [0.717, 1.165) is 5.56 Å². The summed E-state index contributed by atoms with van der Waals surface area (Å²) in [7, 11) is 0. The quantitative estimate of drug-likeness (QED) is 0.891. The van der Waals surface area contributed by atoms with Crippen molar-refractivity contribution >= 4 is 23.5 Å². The molecule has 20 heavy (non-hydrogen) atoms. The van der Waals surface area contributed by atoms with Gasteiger partial charge in [-0.2, -0.15) is 0 Å². The molecule has 0 saturated carbocycles. The van der Waals surface area contributed by atoms with Crippen LogP contribution in [0.1, 0.15) is 25.8 Å². The molecule has 1 aromatic rings. The van der Waals surface area contributed by atoms with Gasteiger partial charge in [-0.3, -0.25) is 4.79 Å². The van der Waals surface area contributed by atoms with Crippen LogP contribution in [0, 0.1) is 0 Å². The first-order valence-electron chi connectivity index (χ1n) is 6.36. The van der Waals surface area contributed by atoms with E-state index in [9.17, 15) is 9.59 Å². The van der Waals surface area contributed by atoms with Gasteiger partial charge in [0.1, 0.15) is 11.3 Å². The SMILES string of the molecule is CCC(C)(NC(=O)C1Cc2cc(Cl)ccc2O1)C(=O)O. The van der Waals surface area contributed by atoms with Gasteiger partial charge in [0.15, 0.2) is 6.10 Å². The summed E-state index contributed by atoms with van der Waals surface area (Å²) in [5.74, 6) is -0.876. The van der Waals surface area contributed by atoms with Crippen LogP contribution in [0.25, 0.3) is 0 Å². The lowest BCUT2D eigenvalue weighted by molar-refractivity contribution is -0.148.